The first-order valence-electron chi connectivity index (χ1n) is 9.67. The minimum atomic E-state index is -0.289. The Balaban J connectivity index is 0.00000625. The monoisotopic (exact) mass is 430 g/mol. The van der Waals surface area contributed by atoms with E-state index in [0.29, 0.717) is 25.4 Å². The van der Waals surface area contributed by atoms with Crippen molar-refractivity contribution in [3.63, 3.8) is 0 Å². The lowest BCUT2D eigenvalue weighted by Gasteiger charge is -2.29. The second-order valence-electron chi connectivity index (χ2n) is 7.27. The van der Waals surface area contributed by atoms with Crippen molar-refractivity contribution in [1.82, 2.24) is 0 Å². The van der Waals surface area contributed by atoms with E-state index in [0.717, 1.165) is 11.0 Å². The fraction of sp³-hybridized carbons (Fsp3) is 0.667. The highest BCUT2D eigenvalue weighted by Gasteiger charge is 2.14. The van der Waals surface area contributed by atoms with E-state index in [9.17, 15) is 4.79 Å². The molecule has 0 radical (unpaired) electrons. The van der Waals surface area contributed by atoms with Crippen molar-refractivity contribution in [3.8, 4) is 0 Å². The minimum Gasteiger partial charge on any atom is -0.460 e. The van der Waals surface area contributed by atoms with Crippen molar-refractivity contribution >= 4 is 23.0 Å². The molecule has 0 amide bonds. The molecule has 1 aromatic rings. The topological polar surface area (TPSA) is 35.5 Å². The average Bonchev–Trinajstić information content (AvgIpc) is 2.61. The summed E-state index contributed by atoms with van der Waals surface area (Å²) >= 11 is 0. The molecule has 0 aliphatic heterocycles. The number of hydrogen-bond donors (Lipinski definition) is 0. The zero-order valence-corrected chi connectivity index (χ0v) is 18.5. The Morgan fingerprint density at radius 2 is 1.54 bits per heavy atom. The van der Waals surface area contributed by atoms with Gasteiger partial charge in [0.1, 0.15) is 13.2 Å². The van der Waals surface area contributed by atoms with Crippen LogP contribution in [0.15, 0.2) is 30.3 Å². The fourth-order valence-electron chi connectivity index (χ4n) is 2.70. The van der Waals surface area contributed by atoms with E-state index in [-0.39, 0.29) is 23.0 Å². The number of carbonyl (C=O) groups is 1. The van der Waals surface area contributed by atoms with Crippen LogP contribution in [0.3, 0.4) is 0 Å². The van der Waals surface area contributed by atoms with Crippen molar-refractivity contribution in [2.75, 3.05) is 47.0 Å². The van der Waals surface area contributed by atoms with E-state index in [1.165, 1.54) is 45.1 Å². The quantitative estimate of drug-likeness (QED) is 0.239. The van der Waals surface area contributed by atoms with Crippen LogP contribution in [0.4, 0.5) is 0 Å². The van der Waals surface area contributed by atoms with Crippen molar-refractivity contribution in [1.29, 1.82) is 0 Å². The first-order chi connectivity index (χ1) is 12.0. The lowest BCUT2D eigenvalue weighted by Crippen LogP contribution is -2.43. The molecule has 0 unspecified atom stereocenters. The Labute approximate surface area is 170 Å². The molecule has 0 heterocycles. The molecular formula is C21H37BrNO3+. The highest BCUT2D eigenvalue weighted by atomic mass is 79.9. The Hall–Kier alpha value is -0.910. The number of esters is 1. The lowest BCUT2D eigenvalue weighted by atomic mass is 10.1. The van der Waals surface area contributed by atoms with E-state index in [1.807, 2.05) is 18.2 Å². The van der Waals surface area contributed by atoms with Gasteiger partial charge in [0.05, 0.1) is 39.4 Å². The molecule has 0 aliphatic carbocycles. The molecule has 5 heteroatoms. The van der Waals surface area contributed by atoms with Gasteiger partial charge in [0.2, 0.25) is 0 Å². The van der Waals surface area contributed by atoms with Crippen molar-refractivity contribution in [2.24, 2.45) is 0 Å². The van der Waals surface area contributed by atoms with Crippen LogP contribution >= 0.6 is 17.0 Å². The van der Waals surface area contributed by atoms with E-state index in [4.69, 9.17) is 9.47 Å². The van der Waals surface area contributed by atoms with Crippen LogP contribution in [0, 0.1) is 0 Å². The second kappa shape index (κ2) is 15.2. The maximum absolute atomic E-state index is 11.8. The van der Waals surface area contributed by atoms with Crippen LogP contribution < -0.4 is 0 Å². The summed E-state index contributed by atoms with van der Waals surface area (Å²) in [6, 6.07) is 9.05. The number of likely N-dealkylation sites (N-methyl/N-ethyl adjacent to an activating group) is 1. The molecule has 1 aromatic carbocycles. The second-order valence-corrected chi connectivity index (χ2v) is 7.27. The highest BCUT2D eigenvalue weighted by Crippen LogP contribution is 2.08. The van der Waals surface area contributed by atoms with Crippen molar-refractivity contribution < 1.29 is 18.8 Å². The summed E-state index contributed by atoms with van der Waals surface area (Å²) in [6.07, 6.45) is 8.01. The molecule has 0 bridgehead atoms. The van der Waals surface area contributed by atoms with E-state index >= 15 is 0 Å². The molecular weight excluding hydrogens is 394 g/mol. The summed E-state index contributed by atoms with van der Waals surface area (Å²) < 4.78 is 11.8. The molecule has 0 saturated carbocycles. The van der Waals surface area contributed by atoms with E-state index in [1.54, 1.807) is 12.1 Å². The fourth-order valence-corrected chi connectivity index (χ4v) is 2.70. The Kier molecular flexibility index (Phi) is 14.6. The summed E-state index contributed by atoms with van der Waals surface area (Å²) in [5, 5.41) is 0. The number of carbonyl (C=O) groups excluding carboxylic acids is 1. The summed E-state index contributed by atoms with van der Waals surface area (Å²) in [5.74, 6) is -0.289. The number of benzene rings is 1. The van der Waals surface area contributed by atoms with Crippen LogP contribution in [-0.4, -0.2) is 57.5 Å². The summed E-state index contributed by atoms with van der Waals surface area (Å²) in [4.78, 5) is 11.8. The third kappa shape index (κ3) is 12.4. The van der Waals surface area contributed by atoms with Crippen LogP contribution in [0.1, 0.15) is 55.8 Å². The van der Waals surface area contributed by atoms with E-state index < -0.39 is 0 Å². The van der Waals surface area contributed by atoms with Crippen LogP contribution in [0.5, 0.6) is 0 Å². The Morgan fingerprint density at radius 3 is 2.23 bits per heavy atom. The normalized spacial score (nSPS) is 11.0. The van der Waals surface area contributed by atoms with Gasteiger partial charge >= 0.3 is 5.97 Å². The van der Waals surface area contributed by atoms with Gasteiger partial charge in [0, 0.05) is 0 Å². The van der Waals surface area contributed by atoms with Crippen molar-refractivity contribution in [3.05, 3.63) is 35.9 Å². The molecule has 0 aromatic heterocycles. The molecule has 0 atom stereocenters. The van der Waals surface area contributed by atoms with Gasteiger partial charge in [-0.15, -0.1) is 17.0 Å². The number of nitrogens with zero attached hydrogens (tertiary/aromatic N) is 1. The van der Waals surface area contributed by atoms with Gasteiger partial charge in [-0.3, -0.25) is 0 Å². The van der Waals surface area contributed by atoms with Gasteiger partial charge in [0.15, 0.2) is 0 Å². The molecule has 1 rings (SSSR count). The maximum atomic E-state index is 11.8. The SMILES string of the molecule is Br.CCCCCCCC[N+](C)(C)CCOCCOC(=O)c1ccccc1. The van der Waals surface area contributed by atoms with Crippen LogP contribution in [0.25, 0.3) is 0 Å². The molecule has 0 aliphatic rings. The smallest absolute Gasteiger partial charge is 0.338 e. The molecule has 0 fully saturated rings. The predicted octanol–water partition coefficient (Wildman–Crippen LogP) is 4.87. The predicted molar refractivity (Wildman–Crippen MR) is 113 cm³/mol. The number of rotatable bonds is 14. The number of unbranched alkanes of at least 4 members (excludes halogenated alkanes) is 5. The van der Waals surface area contributed by atoms with Gasteiger partial charge in [-0.25, -0.2) is 4.79 Å². The van der Waals surface area contributed by atoms with Gasteiger partial charge in [-0.1, -0.05) is 50.8 Å². The molecule has 4 nitrogen and oxygen atoms in total. The Morgan fingerprint density at radius 1 is 0.885 bits per heavy atom. The summed E-state index contributed by atoms with van der Waals surface area (Å²) in [6.45, 7) is 5.89. The van der Waals surface area contributed by atoms with Gasteiger partial charge < -0.3 is 14.0 Å². The van der Waals surface area contributed by atoms with Crippen LogP contribution in [-0.2, 0) is 9.47 Å². The van der Waals surface area contributed by atoms with Gasteiger partial charge in [-0.2, -0.15) is 0 Å². The zero-order valence-electron chi connectivity index (χ0n) is 16.7. The molecule has 26 heavy (non-hydrogen) atoms. The lowest BCUT2D eigenvalue weighted by molar-refractivity contribution is -0.891. The molecule has 0 saturated heterocycles. The number of halogens is 1. The highest BCUT2D eigenvalue weighted by molar-refractivity contribution is 8.93. The molecule has 150 valence electrons. The number of quaternary nitrogens is 1. The third-order valence-electron chi connectivity index (χ3n) is 4.43. The molecule has 0 N–H and O–H groups in total. The zero-order chi connectivity index (χ0) is 18.4. The van der Waals surface area contributed by atoms with Crippen molar-refractivity contribution in [2.45, 2.75) is 45.4 Å². The number of hydrogen-bond acceptors (Lipinski definition) is 3. The summed E-state index contributed by atoms with van der Waals surface area (Å²) in [7, 11) is 4.51. The number of ether oxygens (including phenoxy) is 2. The molecule has 0 spiro atoms. The largest absolute Gasteiger partial charge is 0.460 e. The van der Waals surface area contributed by atoms with Gasteiger partial charge in [0.25, 0.3) is 0 Å². The maximum Gasteiger partial charge on any atom is 0.338 e. The summed E-state index contributed by atoms with van der Waals surface area (Å²) in [5.41, 5.74) is 0.583. The standard InChI is InChI=1S/C21H36NO3.BrH/c1-4-5-6-7-8-12-15-22(2,3)16-17-24-18-19-25-21(23)20-13-10-9-11-14-20;/h9-11,13-14H,4-8,12,15-19H2,1-3H3;1H/q+1;. The minimum absolute atomic E-state index is 0. The Bertz CT molecular complexity index is 466. The van der Waals surface area contributed by atoms with Crippen LogP contribution in [0.2, 0.25) is 0 Å². The van der Waals surface area contributed by atoms with Gasteiger partial charge in [-0.05, 0) is 25.0 Å². The average molecular weight is 431 g/mol. The first-order valence-corrected chi connectivity index (χ1v) is 9.67. The van der Waals surface area contributed by atoms with E-state index in [2.05, 4.69) is 21.0 Å². The third-order valence-corrected chi connectivity index (χ3v) is 4.43. The first kappa shape index (κ1) is 25.1.